The van der Waals surface area contributed by atoms with E-state index < -0.39 is 0 Å². The Kier molecular flexibility index (Phi) is 3.33. The Hall–Kier alpha value is -0.230. The molecular formula is C10H11IN2S. The molecule has 0 aliphatic heterocycles. The van der Waals surface area contributed by atoms with E-state index in [9.17, 15) is 0 Å². The van der Waals surface area contributed by atoms with Crippen LogP contribution < -0.4 is 0 Å². The standard InChI is InChI=1S/C10H11IN2S/c1-2-3-4-7-5-8-9(11)12-6-13-10(8)14-7/h5-6H,2-4H2,1H3. The van der Waals surface area contributed by atoms with Crippen LogP contribution in [0.4, 0.5) is 0 Å². The van der Waals surface area contributed by atoms with Crippen molar-refractivity contribution in [3.8, 4) is 0 Å². The Bertz CT molecular complexity index is 439. The first-order valence-corrected chi connectivity index (χ1v) is 6.59. The van der Waals surface area contributed by atoms with Crippen LogP contribution in [0, 0.1) is 3.70 Å². The first-order valence-electron chi connectivity index (χ1n) is 4.70. The molecule has 0 aliphatic rings. The average Bonchev–Trinajstić information content (AvgIpc) is 2.59. The molecule has 4 heteroatoms. The molecule has 0 N–H and O–H groups in total. The van der Waals surface area contributed by atoms with Gasteiger partial charge in [-0.3, -0.25) is 0 Å². The van der Waals surface area contributed by atoms with E-state index in [-0.39, 0.29) is 0 Å². The van der Waals surface area contributed by atoms with E-state index in [2.05, 4.69) is 45.5 Å². The summed E-state index contributed by atoms with van der Waals surface area (Å²) < 4.78 is 1.06. The quantitative estimate of drug-likeness (QED) is 0.638. The summed E-state index contributed by atoms with van der Waals surface area (Å²) in [5.74, 6) is 0. The van der Waals surface area contributed by atoms with Crippen LogP contribution in [0.25, 0.3) is 10.2 Å². The molecule has 0 aliphatic carbocycles. The predicted octanol–water partition coefficient (Wildman–Crippen LogP) is 3.64. The molecule has 2 heterocycles. The average molecular weight is 318 g/mol. The third-order valence-electron chi connectivity index (χ3n) is 2.11. The predicted molar refractivity (Wildman–Crippen MR) is 68.7 cm³/mol. The molecular weight excluding hydrogens is 307 g/mol. The van der Waals surface area contributed by atoms with Crippen molar-refractivity contribution in [2.24, 2.45) is 0 Å². The van der Waals surface area contributed by atoms with Crippen LogP contribution in [-0.2, 0) is 6.42 Å². The molecule has 0 aromatic carbocycles. The molecule has 0 amide bonds. The lowest BCUT2D eigenvalue weighted by Gasteiger charge is -1.90. The SMILES string of the molecule is CCCCc1cc2c(I)ncnc2s1. The summed E-state index contributed by atoms with van der Waals surface area (Å²) in [5.41, 5.74) is 0. The third kappa shape index (κ3) is 2.06. The molecule has 0 atom stereocenters. The molecule has 14 heavy (non-hydrogen) atoms. The second kappa shape index (κ2) is 4.53. The summed E-state index contributed by atoms with van der Waals surface area (Å²) in [4.78, 5) is 11.0. The molecule has 0 saturated heterocycles. The number of thiophene rings is 1. The van der Waals surface area contributed by atoms with Gasteiger partial charge < -0.3 is 0 Å². The fourth-order valence-corrected chi connectivity index (χ4v) is 3.11. The number of unbranched alkanes of at least 4 members (excludes halogenated alkanes) is 1. The maximum Gasteiger partial charge on any atom is 0.128 e. The van der Waals surface area contributed by atoms with Crippen LogP contribution in [0.3, 0.4) is 0 Å². The Morgan fingerprint density at radius 1 is 1.43 bits per heavy atom. The highest BCUT2D eigenvalue weighted by Gasteiger charge is 2.05. The molecule has 2 nitrogen and oxygen atoms in total. The first kappa shape index (κ1) is 10.3. The maximum absolute atomic E-state index is 4.27. The highest BCUT2D eigenvalue weighted by atomic mass is 127. The van der Waals surface area contributed by atoms with E-state index >= 15 is 0 Å². The van der Waals surface area contributed by atoms with Crippen molar-refractivity contribution in [1.82, 2.24) is 9.97 Å². The third-order valence-corrected chi connectivity index (χ3v) is 4.07. The summed E-state index contributed by atoms with van der Waals surface area (Å²) in [6.45, 7) is 2.22. The van der Waals surface area contributed by atoms with Gasteiger partial charge in [0.1, 0.15) is 14.9 Å². The van der Waals surface area contributed by atoms with Gasteiger partial charge in [0.2, 0.25) is 0 Å². The van der Waals surface area contributed by atoms with E-state index in [1.54, 1.807) is 17.7 Å². The Morgan fingerprint density at radius 3 is 3.00 bits per heavy atom. The Morgan fingerprint density at radius 2 is 2.29 bits per heavy atom. The molecule has 2 aromatic rings. The van der Waals surface area contributed by atoms with Crippen LogP contribution in [0.5, 0.6) is 0 Å². The molecule has 0 unspecified atom stereocenters. The number of rotatable bonds is 3. The van der Waals surface area contributed by atoms with Crippen molar-refractivity contribution < 1.29 is 0 Å². The molecule has 74 valence electrons. The van der Waals surface area contributed by atoms with Crippen LogP contribution in [0.2, 0.25) is 0 Å². The molecule has 0 bridgehead atoms. The number of aryl methyl sites for hydroxylation is 1. The van der Waals surface area contributed by atoms with Crippen molar-refractivity contribution in [2.75, 3.05) is 0 Å². The maximum atomic E-state index is 4.27. The fourth-order valence-electron chi connectivity index (χ4n) is 1.35. The topological polar surface area (TPSA) is 25.8 Å². The minimum absolute atomic E-state index is 1.06. The minimum atomic E-state index is 1.06. The van der Waals surface area contributed by atoms with Gasteiger partial charge in [0.25, 0.3) is 0 Å². The van der Waals surface area contributed by atoms with Crippen molar-refractivity contribution in [3.05, 3.63) is 21.0 Å². The van der Waals surface area contributed by atoms with Crippen LogP contribution in [0.15, 0.2) is 12.4 Å². The zero-order valence-corrected chi connectivity index (χ0v) is 10.9. The zero-order valence-electron chi connectivity index (χ0n) is 7.96. The Balaban J connectivity index is 2.36. The van der Waals surface area contributed by atoms with E-state index in [1.807, 2.05) is 0 Å². The smallest absolute Gasteiger partial charge is 0.128 e. The highest BCUT2D eigenvalue weighted by Crippen LogP contribution is 2.27. The monoisotopic (exact) mass is 318 g/mol. The number of fused-ring (bicyclic) bond motifs is 1. The summed E-state index contributed by atoms with van der Waals surface area (Å²) in [6, 6.07) is 2.23. The lowest BCUT2D eigenvalue weighted by Crippen LogP contribution is -1.81. The summed E-state index contributed by atoms with van der Waals surface area (Å²) in [5, 5.41) is 1.21. The van der Waals surface area contributed by atoms with Gasteiger partial charge in [0, 0.05) is 10.3 Å². The van der Waals surface area contributed by atoms with Crippen molar-refractivity contribution >= 4 is 44.1 Å². The zero-order chi connectivity index (χ0) is 9.97. The van der Waals surface area contributed by atoms with Gasteiger partial charge in [0.15, 0.2) is 0 Å². The summed E-state index contributed by atoms with van der Waals surface area (Å²) in [7, 11) is 0. The second-order valence-corrected chi connectivity index (χ2v) is 5.34. The summed E-state index contributed by atoms with van der Waals surface area (Å²) in [6.07, 6.45) is 5.33. The highest BCUT2D eigenvalue weighted by molar-refractivity contribution is 14.1. The minimum Gasteiger partial charge on any atom is -0.230 e. The molecule has 2 aromatic heterocycles. The molecule has 0 saturated carbocycles. The van der Waals surface area contributed by atoms with E-state index in [4.69, 9.17) is 0 Å². The lowest BCUT2D eigenvalue weighted by molar-refractivity contribution is 0.804. The van der Waals surface area contributed by atoms with Gasteiger partial charge >= 0.3 is 0 Å². The van der Waals surface area contributed by atoms with Gasteiger partial charge in [-0.1, -0.05) is 13.3 Å². The molecule has 2 rings (SSSR count). The number of halogens is 1. The van der Waals surface area contributed by atoms with Gasteiger partial charge in [-0.15, -0.1) is 11.3 Å². The van der Waals surface area contributed by atoms with Crippen molar-refractivity contribution in [1.29, 1.82) is 0 Å². The molecule has 0 radical (unpaired) electrons. The van der Waals surface area contributed by atoms with E-state index in [0.717, 1.165) is 8.53 Å². The van der Waals surface area contributed by atoms with Gasteiger partial charge in [-0.05, 0) is 41.5 Å². The van der Waals surface area contributed by atoms with Crippen LogP contribution >= 0.6 is 33.9 Å². The van der Waals surface area contributed by atoms with E-state index in [1.165, 1.54) is 29.5 Å². The van der Waals surface area contributed by atoms with Crippen molar-refractivity contribution in [3.63, 3.8) is 0 Å². The van der Waals surface area contributed by atoms with Crippen LogP contribution in [0.1, 0.15) is 24.6 Å². The number of hydrogen-bond donors (Lipinski definition) is 0. The lowest BCUT2D eigenvalue weighted by atomic mass is 10.2. The largest absolute Gasteiger partial charge is 0.230 e. The number of aromatic nitrogens is 2. The van der Waals surface area contributed by atoms with Crippen LogP contribution in [-0.4, -0.2) is 9.97 Å². The fraction of sp³-hybridized carbons (Fsp3) is 0.400. The summed E-state index contributed by atoms with van der Waals surface area (Å²) >= 11 is 4.06. The Labute approximate surface area is 101 Å². The van der Waals surface area contributed by atoms with Gasteiger partial charge in [-0.2, -0.15) is 0 Å². The molecule has 0 spiro atoms. The second-order valence-electron chi connectivity index (χ2n) is 3.20. The van der Waals surface area contributed by atoms with Crippen molar-refractivity contribution in [2.45, 2.75) is 26.2 Å². The number of nitrogens with zero attached hydrogens (tertiary/aromatic N) is 2. The normalized spacial score (nSPS) is 11.0. The van der Waals surface area contributed by atoms with Gasteiger partial charge in [-0.25, -0.2) is 9.97 Å². The first-order chi connectivity index (χ1) is 6.81. The number of hydrogen-bond acceptors (Lipinski definition) is 3. The van der Waals surface area contributed by atoms with E-state index in [0.29, 0.717) is 0 Å². The van der Waals surface area contributed by atoms with Gasteiger partial charge in [0.05, 0.1) is 0 Å². The molecule has 0 fully saturated rings.